The molecule has 0 spiro atoms. The van der Waals surface area contributed by atoms with Gasteiger partial charge in [0.15, 0.2) is 0 Å². The number of ether oxygens (including phenoxy) is 1. The highest BCUT2D eigenvalue weighted by atomic mass is 35.5. The number of carbonyl (C=O) groups excluding carboxylic acids is 1. The second-order valence-corrected chi connectivity index (χ2v) is 5.50. The summed E-state index contributed by atoms with van der Waals surface area (Å²) in [5, 5.41) is 3.54. The van der Waals surface area contributed by atoms with Crippen LogP contribution < -0.4 is 10.2 Å². The molecule has 2 rings (SSSR count). The summed E-state index contributed by atoms with van der Waals surface area (Å²) >= 11 is 6.19. The Balaban J connectivity index is 2.13. The van der Waals surface area contributed by atoms with Crippen LogP contribution in [0, 0.1) is 0 Å². The van der Waals surface area contributed by atoms with Crippen molar-refractivity contribution in [1.82, 2.24) is 4.90 Å². The van der Waals surface area contributed by atoms with Gasteiger partial charge < -0.3 is 19.9 Å². The van der Waals surface area contributed by atoms with E-state index in [0.717, 1.165) is 5.69 Å². The standard InChI is InChI=1S/C14H20ClN3O2/c1-10-9-18(7-8-20-10)14(19)16-12-6-4-5-11(15)13(12)17(2)3/h4-6,10H,7-9H2,1-3H3,(H,16,19)/t10-/m1/s1. The third kappa shape index (κ3) is 3.35. The van der Waals surface area contributed by atoms with Crippen molar-refractivity contribution in [2.75, 3.05) is 44.0 Å². The predicted molar refractivity (Wildman–Crippen MR) is 81.8 cm³/mol. The third-order valence-electron chi connectivity index (χ3n) is 3.20. The molecular formula is C14H20ClN3O2. The van der Waals surface area contributed by atoms with Crippen LogP contribution in [0.5, 0.6) is 0 Å². The summed E-state index contributed by atoms with van der Waals surface area (Å²) in [7, 11) is 3.79. The minimum atomic E-state index is -0.120. The van der Waals surface area contributed by atoms with Crippen LogP contribution >= 0.6 is 11.6 Å². The molecule has 0 saturated carbocycles. The van der Waals surface area contributed by atoms with Crippen LogP contribution in [0.3, 0.4) is 0 Å². The summed E-state index contributed by atoms with van der Waals surface area (Å²) in [4.78, 5) is 15.9. The van der Waals surface area contributed by atoms with E-state index >= 15 is 0 Å². The molecule has 1 aliphatic rings. The highest BCUT2D eigenvalue weighted by Crippen LogP contribution is 2.32. The van der Waals surface area contributed by atoms with Crippen LogP contribution in [0.15, 0.2) is 18.2 Å². The Morgan fingerprint density at radius 2 is 2.25 bits per heavy atom. The van der Waals surface area contributed by atoms with E-state index < -0.39 is 0 Å². The van der Waals surface area contributed by atoms with Crippen molar-refractivity contribution in [3.63, 3.8) is 0 Å². The van der Waals surface area contributed by atoms with Gasteiger partial charge in [0.25, 0.3) is 0 Å². The van der Waals surface area contributed by atoms with Gasteiger partial charge in [-0.05, 0) is 19.1 Å². The number of para-hydroxylation sites is 1. The van der Waals surface area contributed by atoms with E-state index in [9.17, 15) is 4.79 Å². The molecule has 20 heavy (non-hydrogen) atoms. The van der Waals surface area contributed by atoms with E-state index in [2.05, 4.69) is 5.32 Å². The number of amides is 2. The summed E-state index contributed by atoms with van der Waals surface area (Å²) in [5.41, 5.74) is 1.52. The summed E-state index contributed by atoms with van der Waals surface area (Å²) in [6, 6.07) is 5.37. The zero-order chi connectivity index (χ0) is 14.7. The number of hydrogen-bond acceptors (Lipinski definition) is 3. The van der Waals surface area contributed by atoms with Crippen LogP contribution in [0.2, 0.25) is 5.02 Å². The largest absolute Gasteiger partial charge is 0.375 e. The smallest absolute Gasteiger partial charge is 0.322 e. The van der Waals surface area contributed by atoms with Crippen molar-refractivity contribution in [2.45, 2.75) is 13.0 Å². The first-order valence-corrected chi connectivity index (χ1v) is 7.00. The second-order valence-electron chi connectivity index (χ2n) is 5.09. The first kappa shape index (κ1) is 14.9. The Morgan fingerprint density at radius 1 is 1.50 bits per heavy atom. The van der Waals surface area contributed by atoms with Crippen molar-refractivity contribution >= 4 is 29.0 Å². The van der Waals surface area contributed by atoms with Crippen LogP contribution in [0.25, 0.3) is 0 Å². The number of morpholine rings is 1. The van der Waals surface area contributed by atoms with Gasteiger partial charge in [0.1, 0.15) is 0 Å². The number of urea groups is 1. The van der Waals surface area contributed by atoms with Gasteiger partial charge in [0.05, 0.1) is 29.1 Å². The lowest BCUT2D eigenvalue weighted by molar-refractivity contribution is -0.00138. The SMILES string of the molecule is C[C@@H]1CN(C(=O)Nc2cccc(Cl)c2N(C)C)CCO1. The number of hydrogen-bond donors (Lipinski definition) is 1. The van der Waals surface area contributed by atoms with Gasteiger partial charge in [0, 0.05) is 27.2 Å². The molecule has 0 unspecified atom stereocenters. The molecule has 1 N–H and O–H groups in total. The molecule has 5 nitrogen and oxygen atoms in total. The van der Waals surface area contributed by atoms with E-state index in [1.807, 2.05) is 44.1 Å². The molecule has 0 aliphatic carbocycles. The predicted octanol–water partition coefficient (Wildman–Crippen LogP) is 2.66. The van der Waals surface area contributed by atoms with Crippen LogP contribution in [-0.4, -0.2) is 50.8 Å². The molecule has 1 fully saturated rings. The highest BCUT2D eigenvalue weighted by Gasteiger charge is 2.22. The Kier molecular flexibility index (Phi) is 4.73. The second kappa shape index (κ2) is 6.33. The molecule has 2 amide bonds. The lowest BCUT2D eigenvalue weighted by Crippen LogP contribution is -2.46. The first-order valence-electron chi connectivity index (χ1n) is 6.62. The van der Waals surface area contributed by atoms with Crippen molar-refractivity contribution in [3.05, 3.63) is 23.2 Å². The quantitative estimate of drug-likeness (QED) is 0.913. The Hall–Kier alpha value is -1.46. The fourth-order valence-electron chi connectivity index (χ4n) is 2.27. The van der Waals surface area contributed by atoms with Gasteiger partial charge in [-0.15, -0.1) is 0 Å². The molecule has 1 atom stereocenters. The maximum Gasteiger partial charge on any atom is 0.322 e. The molecular weight excluding hydrogens is 278 g/mol. The van der Waals surface area contributed by atoms with Gasteiger partial charge in [0.2, 0.25) is 0 Å². The van der Waals surface area contributed by atoms with Gasteiger partial charge >= 0.3 is 6.03 Å². The molecule has 1 aromatic rings. The minimum absolute atomic E-state index is 0.0715. The Labute approximate surface area is 124 Å². The molecule has 1 aliphatic heterocycles. The average Bonchev–Trinajstić information content (AvgIpc) is 2.38. The monoisotopic (exact) mass is 297 g/mol. The van der Waals surface area contributed by atoms with Crippen molar-refractivity contribution in [2.24, 2.45) is 0 Å². The number of carbonyl (C=O) groups is 1. The zero-order valence-electron chi connectivity index (χ0n) is 12.0. The van der Waals surface area contributed by atoms with Crippen LogP contribution in [0.1, 0.15) is 6.92 Å². The normalized spacial score (nSPS) is 18.8. The minimum Gasteiger partial charge on any atom is -0.375 e. The van der Waals surface area contributed by atoms with Crippen molar-refractivity contribution in [1.29, 1.82) is 0 Å². The van der Waals surface area contributed by atoms with E-state index in [-0.39, 0.29) is 12.1 Å². The van der Waals surface area contributed by atoms with Crippen molar-refractivity contribution < 1.29 is 9.53 Å². The Bertz CT molecular complexity index is 493. The van der Waals surface area contributed by atoms with Crippen molar-refractivity contribution in [3.8, 4) is 0 Å². The van der Waals surface area contributed by atoms with E-state index in [4.69, 9.17) is 16.3 Å². The lowest BCUT2D eigenvalue weighted by atomic mass is 10.2. The fourth-order valence-corrected chi connectivity index (χ4v) is 2.61. The number of anilines is 2. The molecule has 0 bridgehead atoms. The highest BCUT2D eigenvalue weighted by molar-refractivity contribution is 6.34. The van der Waals surface area contributed by atoms with Gasteiger partial charge in [-0.2, -0.15) is 0 Å². The van der Waals surface area contributed by atoms with Gasteiger partial charge in [-0.1, -0.05) is 17.7 Å². The maximum absolute atomic E-state index is 12.3. The number of rotatable bonds is 2. The van der Waals surface area contributed by atoms with E-state index in [1.165, 1.54) is 0 Å². The third-order valence-corrected chi connectivity index (χ3v) is 3.51. The summed E-state index contributed by atoms with van der Waals surface area (Å²) in [6.45, 7) is 3.74. The number of nitrogens with zero attached hydrogens (tertiary/aromatic N) is 2. The van der Waals surface area contributed by atoms with Crippen LogP contribution in [0.4, 0.5) is 16.2 Å². The maximum atomic E-state index is 12.3. The number of nitrogens with one attached hydrogen (secondary N) is 1. The molecule has 0 aromatic heterocycles. The summed E-state index contributed by atoms with van der Waals surface area (Å²) < 4.78 is 5.44. The van der Waals surface area contributed by atoms with Crippen LogP contribution in [-0.2, 0) is 4.74 Å². The van der Waals surface area contributed by atoms with E-state index in [1.54, 1.807) is 4.90 Å². The topological polar surface area (TPSA) is 44.8 Å². The molecule has 110 valence electrons. The fraction of sp³-hybridized carbons (Fsp3) is 0.500. The molecule has 0 radical (unpaired) electrons. The lowest BCUT2D eigenvalue weighted by Gasteiger charge is -2.31. The number of halogens is 1. The molecule has 1 heterocycles. The number of benzene rings is 1. The average molecular weight is 298 g/mol. The summed E-state index contributed by atoms with van der Waals surface area (Å²) in [5.74, 6) is 0. The van der Waals surface area contributed by atoms with E-state index in [0.29, 0.717) is 30.4 Å². The van der Waals surface area contributed by atoms with Gasteiger partial charge in [-0.25, -0.2) is 4.79 Å². The summed E-state index contributed by atoms with van der Waals surface area (Å²) in [6.07, 6.45) is 0.0715. The molecule has 1 saturated heterocycles. The zero-order valence-corrected chi connectivity index (χ0v) is 12.8. The Morgan fingerprint density at radius 3 is 2.90 bits per heavy atom. The molecule has 6 heteroatoms. The molecule has 1 aromatic carbocycles. The van der Waals surface area contributed by atoms with Gasteiger partial charge in [-0.3, -0.25) is 0 Å². The first-order chi connectivity index (χ1) is 9.49.